The van der Waals surface area contributed by atoms with Crippen molar-refractivity contribution < 1.29 is 0 Å². The maximum absolute atomic E-state index is 9.30. The fourth-order valence-electron chi connectivity index (χ4n) is 2.18. The molecule has 3 nitrogen and oxygen atoms in total. The van der Waals surface area contributed by atoms with Gasteiger partial charge in [-0.1, -0.05) is 35.9 Å². The summed E-state index contributed by atoms with van der Waals surface area (Å²) in [5.74, 6) is 0. The number of aryl methyl sites for hydroxylation is 1. The normalized spacial score (nSPS) is 9.86. The molecule has 0 aliphatic rings. The highest BCUT2D eigenvalue weighted by Gasteiger charge is 2.09. The first-order chi connectivity index (χ1) is 10.2. The Morgan fingerprint density at radius 1 is 1.18 bits per heavy atom. The summed E-state index contributed by atoms with van der Waals surface area (Å²) in [7, 11) is 0. The first-order valence-corrected chi connectivity index (χ1v) is 6.88. The molecule has 0 bridgehead atoms. The average molecular weight is 330 g/mol. The molecule has 3 rings (SSSR count). The molecular weight excluding hydrogens is 317 g/mol. The summed E-state index contributed by atoms with van der Waals surface area (Å²) in [6.07, 6.45) is 1.58. The standard InChI is InChI=1S/C17H12ClN3.ClH/c1-11-6-7-13(8-15(11)18)21-17-12(9-19)10-20-16-5-3-2-4-14(16)17;/h2-8,10H,1H3,(H,20,21);1H. The molecule has 0 spiro atoms. The molecular formula is C17H13Cl2N3. The topological polar surface area (TPSA) is 48.7 Å². The van der Waals surface area contributed by atoms with E-state index in [-0.39, 0.29) is 12.4 Å². The molecule has 0 saturated carbocycles. The third-order valence-electron chi connectivity index (χ3n) is 3.34. The van der Waals surface area contributed by atoms with Crippen LogP contribution in [0.2, 0.25) is 5.02 Å². The van der Waals surface area contributed by atoms with Crippen molar-refractivity contribution in [2.75, 3.05) is 5.32 Å². The van der Waals surface area contributed by atoms with Gasteiger partial charge in [0.25, 0.3) is 0 Å². The van der Waals surface area contributed by atoms with E-state index in [4.69, 9.17) is 11.6 Å². The van der Waals surface area contributed by atoms with Gasteiger partial charge in [0.1, 0.15) is 6.07 Å². The fourth-order valence-corrected chi connectivity index (χ4v) is 2.36. The van der Waals surface area contributed by atoms with E-state index >= 15 is 0 Å². The molecule has 1 aromatic heterocycles. The van der Waals surface area contributed by atoms with Gasteiger partial charge in [-0.2, -0.15) is 5.26 Å². The molecule has 0 saturated heterocycles. The third-order valence-corrected chi connectivity index (χ3v) is 3.74. The van der Waals surface area contributed by atoms with E-state index in [9.17, 15) is 5.26 Å². The quantitative estimate of drug-likeness (QED) is 0.699. The van der Waals surface area contributed by atoms with E-state index in [1.54, 1.807) is 6.20 Å². The molecule has 0 radical (unpaired) electrons. The minimum atomic E-state index is 0. The number of aromatic nitrogens is 1. The molecule has 0 aliphatic carbocycles. The summed E-state index contributed by atoms with van der Waals surface area (Å²) in [5, 5.41) is 14.2. The summed E-state index contributed by atoms with van der Waals surface area (Å²) in [4.78, 5) is 4.30. The highest BCUT2D eigenvalue weighted by molar-refractivity contribution is 6.31. The van der Waals surface area contributed by atoms with Crippen LogP contribution in [0, 0.1) is 18.3 Å². The molecule has 22 heavy (non-hydrogen) atoms. The highest BCUT2D eigenvalue weighted by atomic mass is 35.5. The molecule has 0 atom stereocenters. The van der Waals surface area contributed by atoms with Crippen LogP contribution in [0.25, 0.3) is 10.9 Å². The smallest absolute Gasteiger partial charge is 0.103 e. The van der Waals surface area contributed by atoms with Gasteiger partial charge in [-0.05, 0) is 30.7 Å². The first kappa shape index (κ1) is 16.1. The number of fused-ring (bicyclic) bond motifs is 1. The van der Waals surface area contributed by atoms with Gasteiger partial charge in [-0.15, -0.1) is 12.4 Å². The van der Waals surface area contributed by atoms with E-state index in [1.807, 2.05) is 49.4 Å². The molecule has 2 aromatic carbocycles. The lowest BCUT2D eigenvalue weighted by molar-refractivity contribution is 1.36. The van der Waals surface area contributed by atoms with Crippen LogP contribution < -0.4 is 5.32 Å². The summed E-state index contributed by atoms with van der Waals surface area (Å²) in [6, 6.07) is 15.6. The lowest BCUT2D eigenvalue weighted by Gasteiger charge is -2.12. The predicted molar refractivity (Wildman–Crippen MR) is 93.2 cm³/mol. The van der Waals surface area contributed by atoms with E-state index < -0.39 is 0 Å². The number of hydrogen-bond acceptors (Lipinski definition) is 3. The van der Waals surface area contributed by atoms with Gasteiger partial charge in [0.15, 0.2) is 0 Å². The Bertz CT molecular complexity index is 869. The van der Waals surface area contributed by atoms with Crippen LogP contribution in [0.5, 0.6) is 0 Å². The minimum Gasteiger partial charge on any atom is -0.354 e. The lowest BCUT2D eigenvalue weighted by atomic mass is 10.1. The number of rotatable bonds is 2. The minimum absolute atomic E-state index is 0. The largest absolute Gasteiger partial charge is 0.354 e. The van der Waals surface area contributed by atoms with Crippen LogP contribution in [0.3, 0.4) is 0 Å². The Kier molecular flexibility index (Phi) is 4.87. The van der Waals surface area contributed by atoms with Crippen LogP contribution in [0.1, 0.15) is 11.1 Å². The number of nitriles is 1. The molecule has 5 heteroatoms. The number of para-hydroxylation sites is 1. The molecule has 1 heterocycles. The second-order valence-electron chi connectivity index (χ2n) is 4.76. The van der Waals surface area contributed by atoms with E-state index in [0.717, 1.165) is 27.8 Å². The van der Waals surface area contributed by atoms with Gasteiger partial charge in [-0.3, -0.25) is 4.98 Å². The molecule has 0 unspecified atom stereocenters. The Labute approximate surface area is 140 Å². The number of pyridine rings is 1. The SMILES string of the molecule is Cc1ccc(Nc2c(C#N)cnc3ccccc23)cc1Cl.Cl. The molecule has 0 amide bonds. The number of nitrogens with one attached hydrogen (secondary N) is 1. The Balaban J connectivity index is 0.00000176. The monoisotopic (exact) mass is 329 g/mol. The summed E-state index contributed by atoms with van der Waals surface area (Å²) < 4.78 is 0. The lowest BCUT2D eigenvalue weighted by Crippen LogP contribution is -1.97. The molecule has 0 fully saturated rings. The van der Waals surface area contributed by atoms with E-state index in [0.29, 0.717) is 10.6 Å². The average Bonchev–Trinajstić information content (AvgIpc) is 2.51. The number of hydrogen-bond donors (Lipinski definition) is 1. The van der Waals surface area contributed by atoms with Gasteiger partial charge in [0, 0.05) is 22.3 Å². The second kappa shape index (κ2) is 6.65. The summed E-state index contributed by atoms with van der Waals surface area (Å²) in [5.41, 5.74) is 3.96. The van der Waals surface area contributed by atoms with Gasteiger partial charge in [-0.25, -0.2) is 0 Å². The van der Waals surface area contributed by atoms with Gasteiger partial charge >= 0.3 is 0 Å². The van der Waals surface area contributed by atoms with Crippen molar-refractivity contribution in [3.05, 3.63) is 64.8 Å². The van der Waals surface area contributed by atoms with E-state index in [2.05, 4.69) is 16.4 Å². The van der Waals surface area contributed by atoms with Gasteiger partial charge in [0.2, 0.25) is 0 Å². The maximum atomic E-state index is 9.30. The van der Waals surface area contributed by atoms with Crippen LogP contribution in [0.15, 0.2) is 48.7 Å². The van der Waals surface area contributed by atoms with Crippen molar-refractivity contribution in [2.45, 2.75) is 6.92 Å². The van der Waals surface area contributed by atoms with Crippen LogP contribution in [-0.2, 0) is 0 Å². The predicted octanol–water partition coefficient (Wildman–Crippen LogP) is 5.23. The molecule has 110 valence electrons. The van der Waals surface area contributed by atoms with E-state index in [1.165, 1.54) is 0 Å². The van der Waals surface area contributed by atoms with Crippen LogP contribution in [0.4, 0.5) is 11.4 Å². The van der Waals surface area contributed by atoms with Crippen LogP contribution in [-0.4, -0.2) is 4.98 Å². The van der Waals surface area contributed by atoms with Crippen molar-refractivity contribution in [1.82, 2.24) is 4.98 Å². The molecule has 0 aliphatic heterocycles. The van der Waals surface area contributed by atoms with Gasteiger partial charge < -0.3 is 5.32 Å². The second-order valence-corrected chi connectivity index (χ2v) is 5.17. The zero-order valence-electron chi connectivity index (χ0n) is 11.8. The number of benzene rings is 2. The van der Waals surface area contributed by atoms with Crippen LogP contribution >= 0.6 is 24.0 Å². The Morgan fingerprint density at radius 3 is 2.68 bits per heavy atom. The zero-order chi connectivity index (χ0) is 14.8. The number of nitrogens with zero attached hydrogens (tertiary/aromatic N) is 2. The molecule has 3 aromatic rings. The number of halogens is 2. The van der Waals surface area contributed by atoms with Crippen molar-refractivity contribution in [2.24, 2.45) is 0 Å². The van der Waals surface area contributed by atoms with Gasteiger partial charge in [0.05, 0.1) is 16.8 Å². The maximum Gasteiger partial charge on any atom is 0.103 e. The summed E-state index contributed by atoms with van der Waals surface area (Å²) in [6.45, 7) is 1.95. The van der Waals surface area contributed by atoms with Crippen molar-refractivity contribution in [3.8, 4) is 6.07 Å². The summed E-state index contributed by atoms with van der Waals surface area (Å²) >= 11 is 6.15. The van der Waals surface area contributed by atoms with Crippen molar-refractivity contribution in [1.29, 1.82) is 5.26 Å². The molecule has 1 N–H and O–H groups in total. The first-order valence-electron chi connectivity index (χ1n) is 6.50. The zero-order valence-corrected chi connectivity index (χ0v) is 13.4. The fraction of sp³-hybridized carbons (Fsp3) is 0.0588. The Hall–Kier alpha value is -2.28. The number of anilines is 2. The van der Waals surface area contributed by atoms with Crippen molar-refractivity contribution in [3.63, 3.8) is 0 Å². The third kappa shape index (κ3) is 2.99. The Morgan fingerprint density at radius 2 is 1.95 bits per heavy atom. The highest BCUT2D eigenvalue weighted by Crippen LogP contribution is 2.30. The van der Waals surface area contributed by atoms with Crippen molar-refractivity contribution >= 4 is 46.3 Å².